The molecule has 100 valence electrons. The van der Waals surface area contributed by atoms with Crippen LogP contribution in [0.4, 0.5) is 0 Å². The first-order valence-electron chi connectivity index (χ1n) is 5.37. The monoisotopic (exact) mass is 383 g/mol. The van der Waals surface area contributed by atoms with Gasteiger partial charge in [0, 0.05) is 3.57 Å². The number of carbonyl (C=O) groups is 1. The molecule has 0 amide bonds. The van der Waals surface area contributed by atoms with Gasteiger partial charge in [0.25, 0.3) is 0 Å². The Balaban J connectivity index is 2.97. The number of aliphatic carboxylic acids is 1. The maximum absolute atomic E-state index is 12.0. The summed E-state index contributed by atoms with van der Waals surface area (Å²) in [5.41, 5.74) is 0. The molecule has 5 nitrogen and oxygen atoms in total. The van der Waals surface area contributed by atoms with Gasteiger partial charge in [-0.15, -0.1) is 0 Å². The van der Waals surface area contributed by atoms with Crippen LogP contribution in [0.25, 0.3) is 0 Å². The highest BCUT2D eigenvalue weighted by molar-refractivity contribution is 14.1. The first-order valence-corrected chi connectivity index (χ1v) is 7.93. The van der Waals surface area contributed by atoms with Gasteiger partial charge in [-0.1, -0.05) is 19.4 Å². The Morgan fingerprint density at radius 2 is 2.17 bits per heavy atom. The van der Waals surface area contributed by atoms with E-state index in [1.165, 1.54) is 12.1 Å². The van der Waals surface area contributed by atoms with Gasteiger partial charge in [0.05, 0.1) is 4.90 Å². The van der Waals surface area contributed by atoms with E-state index in [0.717, 1.165) is 3.57 Å². The van der Waals surface area contributed by atoms with Crippen LogP contribution in [-0.4, -0.2) is 25.5 Å². The lowest BCUT2D eigenvalue weighted by molar-refractivity contribution is -0.139. The first kappa shape index (κ1) is 15.4. The molecule has 0 radical (unpaired) electrons. The lowest BCUT2D eigenvalue weighted by Gasteiger charge is -2.14. The molecule has 0 aliphatic heterocycles. The summed E-state index contributed by atoms with van der Waals surface area (Å²) in [5.74, 6) is -1.16. The lowest BCUT2D eigenvalue weighted by Crippen LogP contribution is -2.40. The SMILES string of the molecule is CCCC(NS(=O)(=O)c1cccc(I)c1)C(=O)O. The largest absolute Gasteiger partial charge is 0.480 e. The van der Waals surface area contributed by atoms with E-state index in [-0.39, 0.29) is 11.3 Å². The van der Waals surface area contributed by atoms with E-state index in [1.54, 1.807) is 19.1 Å². The smallest absolute Gasteiger partial charge is 0.321 e. The number of hydrogen-bond donors (Lipinski definition) is 2. The van der Waals surface area contributed by atoms with Gasteiger partial charge in [0.15, 0.2) is 0 Å². The van der Waals surface area contributed by atoms with Crippen LogP contribution in [0.1, 0.15) is 19.8 Å². The van der Waals surface area contributed by atoms with Gasteiger partial charge in [-0.3, -0.25) is 4.79 Å². The summed E-state index contributed by atoms with van der Waals surface area (Å²) in [6, 6.07) is 5.23. The second-order valence-electron chi connectivity index (χ2n) is 3.76. The Kier molecular flexibility index (Phi) is 5.54. The van der Waals surface area contributed by atoms with Crippen LogP contribution < -0.4 is 4.72 Å². The van der Waals surface area contributed by atoms with Crippen LogP contribution in [0.2, 0.25) is 0 Å². The van der Waals surface area contributed by atoms with Crippen molar-refractivity contribution >= 4 is 38.6 Å². The van der Waals surface area contributed by atoms with E-state index in [4.69, 9.17) is 5.11 Å². The van der Waals surface area contributed by atoms with E-state index in [2.05, 4.69) is 4.72 Å². The number of benzene rings is 1. The van der Waals surface area contributed by atoms with Crippen molar-refractivity contribution < 1.29 is 18.3 Å². The highest BCUT2D eigenvalue weighted by Crippen LogP contribution is 2.14. The zero-order valence-electron chi connectivity index (χ0n) is 9.76. The quantitative estimate of drug-likeness (QED) is 0.735. The minimum absolute atomic E-state index is 0.0803. The van der Waals surface area contributed by atoms with E-state index < -0.39 is 22.0 Å². The molecule has 0 aromatic heterocycles. The van der Waals surface area contributed by atoms with Crippen molar-refractivity contribution in [3.63, 3.8) is 0 Å². The molecule has 0 spiro atoms. The van der Waals surface area contributed by atoms with Gasteiger partial charge in [0.1, 0.15) is 6.04 Å². The van der Waals surface area contributed by atoms with Gasteiger partial charge >= 0.3 is 5.97 Å². The zero-order chi connectivity index (χ0) is 13.8. The zero-order valence-corrected chi connectivity index (χ0v) is 12.7. The number of halogens is 1. The number of carboxylic acid groups (broad SMARTS) is 1. The van der Waals surface area contributed by atoms with Crippen molar-refractivity contribution in [1.29, 1.82) is 0 Å². The Bertz CT molecular complexity index is 530. The predicted octanol–water partition coefficient (Wildman–Crippen LogP) is 1.82. The Labute approximate surface area is 120 Å². The predicted molar refractivity (Wildman–Crippen MR) is 75.8 cm³/mol. The van der Waals surface area contributed by atoms with Crippen LogP contribution in [0.15, 0.2) is 29.2 Å². The Hall–Kier alpha value is -0.670. The van der Waals surface area contributed by atoms with E-state index in [1.807, 2.05) is 22.6 Å². The second kappa shape index (κ2) is 6.48. The minimum atomic E-state index is -3.78. The van der Waals surface area contributed by atoms with Crippen LogP contribution in [0.5, 0.6) is 0 Å². The van der Waals surface area contributed by atoms with Gasteiger partial charge in [-0.2, -0.15) is 4.72 Å². The van der Waals surface area contributed by atoms with Crippen LogP contribution in [-0.2, 0) is 14.8 Å². The highest BCUT2D eigenvalue weighted by atomic mass is 127. The van der Waals surface area contributed by atoms with Gasteiger partial charge in [0.2, 0.25) is 10.0 Å². The number of nitrogens with one attached hydrogen (secondary N) is 1. The molecule has 1 rings (SSSR count). The summed E-state index contributed by atoms with van der Waals surface area (Å²) in [7, 11) is -3.78. The summed E-state index contributed by atoms with van der Waals surface area (Å²) in [6.07, 6.45) is 0.851. The van der Waals surface area contributed by atoms with E-state index >= 15 is 0 Å². The van der Waals surface area contributed by atoms with Crippen molar-refractivity contribution in [3.05, 3.63) is 27.8 Å². The molecular weight excluding hydrogens is 369 g/mol. The molecule has 1 unspecified atom stereocenters. The van der Waals surface area contributed by atoms with Gasteiger partial charge in [-0.25, -0.2) is 8.42 Å². The molecule has 7 heteroatoms. The summed E-state index contributed by atoms with van der Waals surface area (Å²) >= 11 is 2.00. The number of carboxylic acids is 1. The maximum atomic E-state index is 12.0. The van der Waals surface area contributed by atoms with Gasteiger partial charge < -0.3 is 5.11 Å². The lowest BCUT2D eigenvalue weighted by atomic mass is 10.2. The fourth-order valence-corrected chi connectivity index (χ4v) is 3.43. The first-order chi connectivity index (χ1) is 8.36. The van der Waals surface area contributed by atoms with E-state index in [0.29, 0.717) is 6.42 Å². The standard InChI is InChI=1S/C11H14INO4S/c1-2-4-10(11(14)15)13-18(16,17)9-6-3-5-8(12)7-9/h3,5-7,10,13H,2,4H2,1H3,(H,14,15). The molecule has 1 aromatic rings. The van der Waals surface area contributed by atoms with Crippen molar-refractivity contribution in [3.8, 4) is 0 Å². The average molecular weight is 383 g/mol. The molecule has 1 atom stereocenters. The fraction of sp³-hybridized carbons (Fsp3) is 0.364. The summed E-state index contributed by atoms with van der Waals surface area (Å²) in [4.78, 5) is 11.0. The third-order valence-electron chi connectivity index (χ3n) is 2.28. The molecule has 1 aromatic carbocycles. The summed E-state index contributed by atoms with van der Waals surface area (Å²) in [5, 5.41) is 8.94. The fourth-order valence-electron chi connectivity index (χ4n) is 1.41. The van der Waals surface area contributed by atoms with Crippen molar-refractivity contribution in [1.82, 2.24) is 4.72 Å². The molecule has 0 fully saturated rings. The Morgan fingerprint density at radius 3 is 2.67 bits per heavy atom. The van der Waals surface area contributed by atoms with Crippen molar-refractivity contribution in [2.24, 2.45) is 0 Å². The molecule has 0 saturated carbocycles. The number of rotatable bonds is 6. The van der Waals surface area contributed by atoms with Crippen molar-refractivity contribution in [2.75, 3.05) is 0 Å². The minimum Gasteiger partial charge on any atom is -0.480 e. The number of sulfonamides is 1. The summed E-state index contributed by atoms with van der Waals surface area (Å²) in [6.45, 7) is 1.80. The van der Waals surface area contributed by atoms with Gasteiger partial charge in [-0.05, 0) is 47.2 Å². The third-order valence-corrected chi connectivity index (χ3v) is 4.42. The average Bonchev–Trinajstić information content (AvgIpc) is 2.28. The Morgan fingerprint density at radius 1 is 1.50 bits per heavy atom. The molecular formula is C11H14INO4S. The van der Waals surface area contributed by atoms with Crippen molar-refractivity contribution in [2.45, 2.75) is 30.7 Å². The van der Waals surface area contributed by atoms with E-state index in [9.17, 15) is 13.2 Å². The van der Waals surface area contributed by atoms with Crippen LogP contribution >= 0.6 is 22.6 Å². The molecule has 0 aliphatic rings. The molecule has 18 heavy (non-hydrogen) atoms. The normalized spacial score (nSPS) is 13.2. The third kappa shape index (κ3) is 4.21. The van der Waals surface area contributed by atoms with Crippen LogP contribution in [0, 0.1) is 3.57 Å². The topological polar surface area (TPSA) is 83.5 Å². The highest BCUT2D eigenvalue weighted by Gasteiger charge is 2.24. The molecule has 0 saturated heterocycles. The maximum Gasteiger partial charge on any atom is 0.321 e. The van der Waals surface area contributed by atoms with Crippen LogP contribution in [0.3, 0.4) is 0 Å². The number of hydrogen-bond acceptors (Lipinski definition) is 3. The molecule has 0 bridgehead atoms. The summed E-state index contributed by atoms with van der Waals surface area (Å²) < 4.78 is 27.0. The second-order valence-corrected chi connectivity index (χ2v) is 6.72. The molecule has 2 N–H and O–H groups in total. The molecule has 0 heterocycles. The molecule has 0 aliphatic carbocycles.